The van der Waals surface area contributed by atoms with Crippen LogP contribution < -0.4 is 0 Å². The van der Waals surface area contributed by atoms with Crippen molar-refractivity contribution < 1.29 is 4.79 Å². The van der Waals surface area contributed by atoms with E-state index in [9.17, 15) is 4.79 Å². The summed E-state index contributed by atoms with van der Waals surface area (Å²) < 4.78 is 3.61. The molecule has 2 aromatic heterocycles. The van der Waals surface area contributed by atoms with Crippen molar-refractivity contribution in [3.63, 3.8) is 0 Å². The van der Waals surface area contributed by atoms with Gasteiger partial charge in [-0.2, -0.15) is 0 Å². The molecule has 0 aliphatic rings. The molecule has 0 aliphatic carbocycles. The lowest BCUT2D eigenvalue weighted by Crippen LogP contribution is -2.01. The third-order valence-electron chi connectivity index (χ3n) is 1.44. The van der Waals surface area contributed by atoms with Gasteiger partial charge in [-0.3, -0.25) is 4.79 Å². The highest BCUT2D eigenvalue weighted by Gasteiger charge is 2.11. The lowest BCUT2D eigenvalue weighted by molar-refractivity contribution is 0.103. The number of aromatic nitrogens is 3. The van der Waals surface area contributed by atoms with E-state index in [4.69, 9.17) is 0 Å². The van der Waals surface area contributed by atoms with Crippen LogP contribution in [0.2, 0.25) is 0 Å². The van der Waals surface area contributed by atoms with Crippen molar-refractivity contribution in [1.82, 2.24) is 14.6 Å². The van der Waals surface area contributed by atoms with Crippen molar-refractivity contribution >= 4 is 17.3 Å². The number of carbonyl (C=O) groups excluding carboxylic acids is 1. The molecule has 2 heterocycles. The first-order chi connectivity index (χ1) is 5.88. The van der Waals surface area contributed by atoms with Crippen LogP contribution in [0, 0.1) is 0 Å². The predicted octanol–water partition coefficient (Wildman–Crippen LogP) is 1.10. The Morgan fingerprint density at radius 2 is 2.50 bits per heavy atom. The highest BCUT2D eigenvalue weighted by Crippen LogP contribution is 2.05. The SMILES string of the molecule is O=C(c1csnn1)c1ccc[nH]1. The Morgan fingerprint density at radius 3 is 3.08 bits per heavy atom. The minimum absolute atomic E-state index is 0.117. The molecule has 0 fully saturated rings. The molecule has 0 amide bonds. The zero-order valence-corrected chi connectivity index (χ0v) is 6.84. The summed E-state index contributed by atoms with van der Waals surface area (Å²) in [6.07, 6.45) is 1.70. The monoisotopic (exact) mass is 179 g/mol. The summed E-state index contributed by atoms with van der Waals surface area (Å²) in [6, 6.07) is 3.48. The average molecular weight is 179 g/mol. The Bertz CT molecular complexity index is 329. The van der Waals surface area contributed by atoms with Crippen molar-refractivity contribution in [3.8, 4) is 0 Å². The Morgan fingerprint density at radius 1 is 1.58 bits per heavy atom. The van der Waals surface area contributed by atoms with Crippen molar-refractivity contribution in [2.75, 3.05) is 0 Å². The van der Waals surface area contributed by atoms with Gasteiger partial charge in [-0.1, -0.05) is 4.49 Å². The number of nitrogens with one attached hydrogen (secondary N) is 1. The van der Waals surface area contributed by atoms with Gasteiger partial charge in [-0.05, 0) is 23.7 Å². The molecule has 0 unspecified atom stereocenters. The van der Waals surface area contributed by atoms with Gasteiger partial charge in [0, 0.05) is 11.6 Å². The number of rotatable bonds is 2. The molecular weight excluding hydrogens is 174 g/mol. The van der Waals surface area contributed by atoms with E-state index in [-0.39, 0.29) is 5.78 Å². The zero-order valence-electron chi connectivity index (χ0n) is 6.02. The van der Waals surface area contributed by atoms with Gasteiger partial charge in [0.1, 0.15) is 5.69 Å². The van der Waals surface area contributed by atoms with Gasteiger partial charge in [-0.25, -0.2) is 0 Å². The fourth-order valence-corrected chi connectivity index (χ4v) is 1.31. The lowest BCUT2D eigenvalue weighted by atomic mass is 10.2. The van der Waals surface area contributed by atoms with Gasteiger partial charge < -0.3 is 4.98 Å². The van der Waals surface area contributed by atoms with Gasteiger partial charge in [0.25, 0.3) is 0 Å². The minimum atomic E-state index is -0.117. The maximum absolute atomic E-state index is 11.4. The second kappa shape index (κ2) is 2.86. The Hall–Kier alpha value is -1.49. The summed E-state index contributed by atoms with van der Waals surface area (Å²) in [5, 5.41) is 5.30. The van der Waals surface area contributed by atoms with Crippen molar-refractivity contribution in [2.45, 2.75) is 0 Å². The fourth-order valence-electron chi connectivity index (χ4n) is 0.873. The predicted molar refractivity (Wildman–Crippen MR) is 44.1 cm³/mol. The van der Waals surface area contributed by atoms with Crippen LogP contribution in [0.5, 0.6) is 0 Å². The van der Waals surface area contributed by atoms with Crippen LogP contribution in [-0.2, 0) is 0 Å². The zero-order chi connectivity index (χ0) is 8.39. The maximum atomic E-state index is 11.4. The Balaban J connectivity index is 2.34. The van der Waals surface area contributed by atoms with E-state index in [0.29, 0.717) is 11.4 Å². The molecule has 1 N–H and O–H groups in total. The van der Waals surface area contributed by atoms with E-state index in [1.165, 1.54) is 11.5 Å². The van der Waals surface area contributed by atoms with E-state index in [2.05, 4.69) is 14.6 Å². The molecule has 2 rings (SSSR count). The molecule has 0 saturated carbocycles. The smallest absolute Gasteiger partial charge is 0.230 e. The Labute approximate surface area is 72.4 Å². The van der Waals surface area contributed by atoms with Crippen LogP contribution in [0.25, 0.3) is 0 Å². The molecule has 12 heavy (non-hydrogen) atoms. The van der Waals surface area contributed by atoms with Crippen LogP contribution in [0.15, 0.2) is 23.7 Å². The van der Waals surface area contributed by atoms with Gasteiger partial charge in [0.15, 0.2) is 0 Å². The first-order valence-corrected chi connectivity index (χ1v) is 4.17. The topological polar surface area (TPSA) is 58.6 Å². The number of ketones is 1. The van der Waals surface area contributed by atoms with E-state index < -0.39 is 0 Å². The molecule has 5 heteroatoms. The quantitative estimate of drug-likeness (QED) is 0.702. The van der Waals surface area contributed by atoms with Crippen LogP contribution >= 0.6 is 11.5 Å². The minimum Gasteiger partial charge on any atom is -0.358 e. The lowest BCUT2D eigenvalue weighted by Gasteiger charge is -1.89. The van der Waals surface area contributed by atoms with Gasteiger partial charge >= 0.3 is 0 Å². The first-order valence-electron chi connectivity index (χ1n) is 3.33. The summed E-state index contributed by atoms with van der Waals surface area (Å²) in [6.45, 7) is 0. The van der Waals surface area contributed by atoms with E-state index in [1.807, 2.05) is 0 Å². The fraction of sp³-hybridized carbons (Fsp3) is 0. The number of hydrogen-bond acceptors (Lipinski definition) is 4. The van der Waals surface area contributed by atoms with E-state index >= 15 is 0 Å². The van der Waals surface area contributed by atoms with Crippen LogP contribution in [-0.4, -0.2) is 20.4 Å². The second-order valence-corrected chi connectivity index (χ2v) is 2.81. The molecule has 0 bridgehead atoms. The highest BCUT2D eigenvalue weighted by atomic mass is 32.1. The summed E-state index contributed by atoms with van der Waals surface area (Å²) in [5.41, 5.74) is 0.935. The summed E-state index contributed by atoms with van der Waals surface area (Å²) >= 11 is 1.17. The second-order valence-electron chi connectivity index (χ2n) is 2.20. The third kappa shape index (κ3) is 1.14. The van der Waals surface area contributed by atoms with Gasteiger partial charge in [-0.15, -0.1) is 5.10 Å². The molecular formula is C7H5N3OS. The molecule has 0 spiro atoms. The normalized spacial score (nSPS) is 10.0. The molecule has 0 atom stereocenters. The molecule has 0 aliphatic heterocycles. The standard InChI is InChI=1S/C7H5N3OS/c11-7(5-2-1-3-8-5)6-4-12-10-9-6/h1-4,8H. The molecule has 0 saturated heterocycles. The summed E-state index contributed by atoms with van der Waals surface area (Å²) in [4.78, 5) is 14.3. The van der Waals surface area contributed by atoms with Crippen LogP contribution in [0.1, 0.15) is 16.2 Å². The Kier molecular flexibility index (Phi) is 1.71. The van der Waals surface area contributed by atoms with Gasteiger partial charge in [0.05, 0.1) is 5.69 Å². The van der Waals surface area contributed by atoms with Crippen molar-refractivity contribution in [3.05, 3.63) is 35.1 Å². The average Bonchev–Trinajstić information content (AvgIpc) is 2.77. The highest BCUT2D eigenvalue weighted by molar-refractivity contribution is 7.03. The largest absolute Gasteiger partial charge is 0.358 e. The maximum Gasteiger partial charge on any atom is 0.230 e. The van der Waals surface area contributed by atoms with E-state index in [1.54, 1.807) is 23.7 Å². The molecule has 0 aromatic carbocycles. The van der Waals surface area contributed by atoms with Crippen molar-refractivity contribution in [2.24, 2.45) is 0 Å². The third-order valence-corrected chi connectivity index (χ3v) is 1.94. The van der Waals surface area contributed by atoms with Crippen LogP contribution in [0.3, 0.4) is 0 Å². The number of hydrogen-bond donors (Lipinski definition) is 1. The molecule has 4 nitrogen and oxygen atoms in total. The molecule has 2 aromatic rings. The number of aromatic amines is 1. The van der Waals surface area contributed by atoms with Crippen molar-refractivity contribution in [1.29, 1.82) is 0 Å². The van der Waals surface area contributed by atoms with E-state index in [0.717, 1.165) is 0 Å². The molecule has 60 valence electrons. The number of nitrogens with zero attached hydrogens (tertiary/aromatic N) is 2. The summed E-state index contributed by atoms with van der Waals surface area (Å²) in [7, 11) is 0. The first kappa shape index (κ1) is 7.17. The van der Waals surface area contributed by atoms with Crippen LogP contribution in [0.4, 0.5) is 0 Å². The number of H-pyrrole nitrogens is 1. The summed E-state index contributed by atoms with van der Waals surface area (Å²) in [5.74, 6) is -0.117. The number of carbonyl (C=O) groups is 1. The van der Waals surface area contributed by atoms with Gasteiger partial charge in [0.2, 0.25) is 5.78 Å². The molecule has 0 radical (unpaired) electrons.